The average molecular weight is 368 g/mol. The number of carboxylic acid groups (broad SMARTS) is 1. The number of anilines is 1. The van der Waals surface area contributed by atoms with Crippen molar-refractivity contribution in [3.8, 4) is 0 Å². The van der Waals surface area contributed by atoms with Gasteiger partial charge in [0.25, 0.3) is 0 Å². The van der Waals surface area contributed by atoms with Gasteiger partial charge >= 0.3 is 5.97 Å². The number of hydrogen-bond donors (Lipinski definition) is 1. The third-order valence-corrected chi connectivity index (χ3v) is 5.37. The molecule has 1 aliphatic heterocycles. The maximum Gasteiger partial charge on any atom is 0.307 e. The van der Waals surface area contributed by atoms with Gasteiger partial charge in [-0.1, -0.05) is 42.0 Å². The lowest BCUT2D eigenvalue weighted by Crippen LogP contribution is -2.29. The molecule has 0 unspecified atom stereocenters. The second-order valence-electron chi connectivity index (χ2n) is 6.89. The Labute approximate surface area is 156 Å². The first kappa shape index (κ1) is 16.9. The smallest absolute Gasteiger partial charge is 0.307 e. The van der Waals surface area contributed by atoms with Crippen LogP contribution in [0.2, 0.25) is 5.02 Å². The highest BCUT2D eigenvalue weighted by molar-refractivity contribution is 6.30. The lowest BCUT2D eigenvalue weighted by Gasteiger charge is -2.26. The summed E-state index contributed by atoms with van der Waals surface area (Å²) in [6.45, 7) is 2.00. The Balaban J connectivity index is 1.76. The molecular formula is C21H18ClNO3. The van der Waals surface area contributed by atoms with E-state index in [1.807, 2.05) is 42.5 Å². The molecule has 2 aliphatic rings. The Morgan fingerprint density at radius 1 is 1.12 bits per heavy atom. The first-order chi connectivity index (χ1) is 12.4. The van der Waals surface area contributed by atoms with Crippen LogP contribution in [0, 0.1) is 5.92 Å². The molecule has 1 fully saturated rings. The zero-order valence-corrected chi connectivity index (χ0v) is 15.0. The second kappa shape index (κ2) is 6.29. The number of carbonyl (C=O) groups is 2. The lowest BCUT2D eigenvalue weighted by molar-refractivity contribution is -0.138. The van der Waals surface area contributed by atoms with Gasteiger partial charge < -0.3 is 10.0 Å². The number of fused-ring (bicyclic) bond motifs is 2. The number of halogens is 1. The highest BCUT2D eigenvalue weighted by Gasteiger charge is 2.44. The topological polar surface area (TPSA) is 57.6 Å². The molecule has 0 aromatic heterocycles. The molecular weight excluding hydrogens is 350 g/mol. The molecule has 1 aliphatic carbocycles. The van der Waals surface area contributed by atoms with Crippen LogP contribution in [-0.4, -0.2) is 17.0 Å². The van der Waals surface area contributed by atoms with Gasteiger partial charge in [-0.2, -0.15) is 0 Å². The van der Waals surface area contributed by atoms with E-state index in [0.717, 1.165) is 27.9 Å². The monoisotopic (exact) mass is 367 g/mol. The number of nitrogens with zero attached hydrogens (tertiary/aromatic N) is 1. The summed E-state index contributed by atoms with van der Waals surface area (Å²) < 4.78 is 0. The maximum atomic E-state index is 12.3. The Bertz CT molecular complexity index is 950. The molecule has 1 heterocycles. The molecule has 0 bridgehead atoms. The van der Waals surface area contributed by atoms with Gasteiger partial charge in [-0.25, -0.2) is 0 Å². The highest BCUT2D eigenvalue weighted by Crippen LogP contribution is 2.48. The van der Waals surface area contributed by atoms with Crippen molar-refractivity contribution in [1.82, 2.24) is 0 Å². The highest BCUT2D eigenvalue weighted by atomic mass is 35.5. The van der Waals surface area contributed by atoms with Crippen LogP contribution in [0.1, 0.15) is 41.5 Å². The second-order valence-corrected chi connectivity index (χ2v) is 7.32. The first-order valence-corrected chi connectivity index (χ1v) is 8.93. The van der Waals surface area contributed by atoms with E-state index in [1.165, 1.54) is 0 Å². The summed E-state index contributed by atoms with van der Waals surface area (Å²) in [5.74, 6) is -0.999. The lowest BCUT2D eigenvalue weighted by atomic mass is 9.97. The number of rotatable bonds is 2. The largest absolute Gasteiger partial charge is 0.481 e. The molecule has 4 nitrogen and oxygen atoms in total. The van der Waals surface area contributed by atoms with Crippen LogP contribution in [-0.2, 0) is 16.1 Å². The SMILES string of the molecule is CC(=O)N1Cc2cc([C@H]3C[C@@H]3C(=O)O)ccc2/C=C\c2cc(Cl)ccc21. The number of carboxylic acids is 1. The molecule has 0 saturated heterocycles. The van der Waals surface area contributed by atoms with Gasteiger partial charge in [-0.05, 0) is 52.8 Å². The van der Waals surface area contributed by atoms with Crippen LogP contribution in [0.25, 0.3) is 12.2 Å². The van der Waals surface area contributed by atoms with Gasteiger partial charge in [0.2, 0.25) is 5.91 Å². The quantitative estimate of drug-likeness (QED) is 0.846. The first-order valence-electron chi connectivity index (χ1n) is 8.55. The van der Waals surface area contributed by atoms with Crippen molar-refractivity contribution in [2.24, 2.45) is 5.92 Å². The van der Waals surface area contributed by atoms with Gasteiger partial charge in [0.1, 0.15) is 0 Å². The summed E-state index contributed by atoms with van der Waals surface area (Å²) in [5.41, 5.74) is 4.80. The predicted octanol–water partition coefficient (Wildman–Crippen LogP) is 4.57. The molecule has 5 heteroatoms. The van der Waals surface area contributed by atoms with E-state index in [0.29, 0.717) is 18.0 Å². The van der Waals surface area contributed by atoms with Gasteiger partial charge in [0.05, 0.1) is 18.2 Å². The molecule has 1 N–H and O–H groups in total. The Kier molecular flexibility index (Phi) is 4.08. The van der Waals surface area contributed by atoms with Crippen molar-refractivity contribution in [2.45, 2.75) is 25.8 Å². The summed E-state index contributed by atoms with van der Waals surface area (Å²) in [7, 11) is 0. The molecule has 1 amide bonds. The molecule has 26 heavy (non-hydrogen) atoms. The maximum absolute atomic E-state index is 12.3. The number of aliphatic carboxylic acids is 1. The van der Waals surface area contributed by atoms with E-state index in [9.17, 15) is 14.7 Å². The van der Waals surface area contributed by atoms with E-state index in [4.69, 9.17) is 11.6 Å². The molecule has 2 atom stereocenters. The number of amides is 1. The van der Waals surface area contributed by atoms with Crippen LogP contribution >= 0.6 is 11.6 Å². The van der Waals surface area contributed by atoms with E-state index in [2.05, 4.69) is 0 Å². The Hall–Kier alpha value is -2.59. The summed E-state index contributed by atoms with van der Waals surface area (Å²) in [4.78, 5) is 25.2. The van der Waals surface area contributed by atoms with Crippen molar-refractivity contribution in [1.29, 1.82) is 0 Å². The molecule has 2 aromatic carbocycles. The van der Waals surface area contributed by atoms with Crippen LogP contribution in [0.5, 0.6) is 0 Å². The molecule has 4 rings (SSSR count). The minimum atomic E-state index is -0.738. The molecule has 0 spiro atoms. The standard InChI is InChI=1S/C21H18ClNO3/c1-12(24)23-11-16-8-14(18-10-19(18)21(25)26)4-2-13(16)3-5-15-9-17(22)6-7-20(15)23/h2-9,18-19H,10-11H2,1H3,(H,25,26)/b5-3-/t18-,19+/m1/s1. The Morgan fingerprint density at radius 2 is 1.88 bits per heavy atom. The van der Waals surface area contributed by atoms with Crippen LogP contribution < -0.4 is 4.90 Å². The van der Waals surface area contributed by atoms with Crippen molar-refractivity contribution in [3.05, 3.63) is 63.7 Å². The zero-order valence-electron chi connectivity index (χ0n) is 14.3. The van der Waals surface area contributed by atoms with E-state index in [-0.39, 0.29) is 17.7 Å². The van der Waals surface area contributed by atoms with Gasteiger partial charge in [-0.3, -0.25) is 9.59 Å². The third kappa shape index (κ3) is 3.01. The van der Waals surface area contributed by atoms with Crippen LogP contribution in [0.3, 0.4) is 0 Å². The number of hydrogen-bond acceptors (Lipinski definition) is 2. The minimum Gasteiger partial charge on any atom is -0.481 e. The fourth-order valence-corrected chi connectivity index (χ4v) is 3.79. The van der Waals surface area contributed by atoms with Crippen molar-refractivity contribution in [2.75, 3.05) is 4.90 Å². The summed E-state index contributed by atoms with van der Waals surface area (Å²) in [5, 5.41) is 9.80. The van der Waals surface area contributed by atoms with Crippen molar-refractivity contribution < 1.29 is 14.7 Å². The zero-order chi connectivity index (χ0) is 18.4. The Morgan fingerprint density at radius 3 is 2.58 bits per heavy atom. The summed E-state index contributed by atoms with van der Waals surface area (Å²) >= 11 is 6.11. The third-order valence-electron chi connectivity index (χ3n) is 5.13. The van der Waals surface area contributed by atoms with E-state index < -0.39 is 5.97 Å². The van der Waals surface area contributed by atoms with Crippen LogP contribution in [0.4, 0.5) is 5.69 Å². The average Bonchev–Trinajstić information content (AvgIpc) is 3.37. The molecule has 132 valence electrons. The number of carbonyl (C=O) groups excluding carboxylic acids is 1. The van der Waals surface area contributed by atoms with Crippen LogP contribution in [0.15, 0.2) is 36.4 Å². The molecule has 2 aromatic rings. The summed E-state index contributed by atoms with van der Waals surface area (Å²) in [6.07, 6.45) is 4.67. The van der Waals surface area contributed by atoms with Gasteiger partial charge in [-0.15, -0.1) is 0 Å². The van der Waals surface area contributed by atoms with Gasteiger partial charge in [0, 0.05) is 11.9 Å². The fraction of sp³-hybridized carbons (Fsp3) is 0.238. The minimum absolute atomic E-state index is 0.0462. The summed E-state index contributed by atoms with van der Waals surface area (Å²) in [6, 6.07) is 11.5. The van der Waals surface area contributed by atoms with Crippen molar-refractivity contribution in [3.63, 3.8) is 0 Å². The number of benzene rings is 2. The van der Waals surface area contributed by atoms with Gasteiger partial charge in [0.15, 0.2) is 0 Å². The predicted molar refractivity (Wildman–Crippen MR) is 102 cm³/mol. The normalized spacial score (nSPS) is 21.8. The molecule has 1 saturated carbocycles. The van der Waals surface area contributed by atoms with E-state index >= 15 is 0 Å². The fourth-order valence-electron chi connectivity index (χ4n) is 3.61. The van der Waals surface area contributed by atoms with Crippen molar-refractivity contribution >= 4 is 41.3 Å². The van der Waals surface area contributed by atoms with E-state index in [1.54, 1.807) is 17.9 Å². The molecule has 0 radical (unpaired) electrons.